The fourth-order valence-corrected chi connectivity index (χ4v) is 2.33. The lowest BCUT2D eigenvalue weighted by Gasteiger charge is -2.11. The Kier molecular flexibility index (Phi) is 6.68. The van der Waals surface area contributed by atoms with Gasteiger partial charge in [-0.3, -0.25) is 4.98 Å². The molecular formula is C18H18ClN3O4. The second-order valence-electron chi connectivity index (χ2n) is 5.17. The van der Waals surface area contributed by atoms with E-state index >= 15 is 0 Å². The molecule has 0 bridgehead atoms. The minimum absolute atomic E-state index is 0.152. The third-order valence-electron chi connectivity index (χ3n) is 3.42. The third-order valence-corrected chi connectivity index (χ3v) is 3.61. The summed E-state index contributed by atoms with van der Waals surface area (Å²) in [5, 5.41) is 3.22. The lowest BCUT2D eigenvalue weighted by Crippen LogP contribution is -2.04. The zero-order valence-corrected chi connectivity index (χ0v) is 15.3. The Hall–Kier alpha value is -2.93. The molecule has 2 aromatic rings. The van der Waals surface area contributed by atoms with Gasteiger partial charge in [-0.2, -0.15) is 0 Å². The smallest absolute Gasteiger partial charge is 0.338 e. The number of hydrogen-bond acceptors (Lipinski definition) is 7. The van der Waals surface area contributed by atoms with Crippen LogP contribution < -0.4 is 5.32 Å². The van der Waals surface area contributed by atoms with Crippen LogP contribution in [-0.4, -0.2) is 35.6 Å². The number of ether oxygens (including phenoxy) is 2. The highest BCUT2D eigenvalue weighted by Gasteiger charge is 2.11. The molecule has 0 aliphatic heterocycles. The quantitative estimate of drug-likeness (QED) is 0.469. The summed E-state index contributed by atoms with van der Waals surface area (Å²) >= 11 is 5.97. The zero-order chi connectivity index (χ0) is 19.1. The number of hydrogen-bond donors (Lipinski definition) is 1. The third kappa shape index (κ3) is 5.03. The highest BCUT2D eigenvalue weighted by Crippen LogP contribution is 2.24. The van der Waals surface area contributed by atoms with Crippen LogP contribution in [0, 0.1) is 6.92 Å². The Morgan fingerprint density at radius 2 is 2.08 bits per heavy atom. The van der Waals surface area contributed by atoms with Crippen LogP contribution in [0.5, 0.6) is 0 Å². The van der Waals surface area contributed by atoms with E-state index < -0.39 is 11.9 Å². The number of methoxy groups -OCH3 is 1. The van der Waals surface area contributed by atoms with Gasteiger partial charge >= 0.3 is 11.9 Å². The van der Waals surface area contributed by atoms with E-state index in [-0.39, 0.29) is 10.7 Å². The van der Waals surface area contributed by atoms with E-state index in [1.165, 1.54) is 25.3 Å². The predicted molar refractivity (Wildman–Crippen MR) is 98.5 cm³/mol. The number of aromatic nitrogens is 2. The fraction of sp³-hybridized carbons (Fsp3) is 0.222. The molecule has 0 saturated carbocycles. The van der Waals surface area contributed by atoms with E-state index in [9.17, 15) is 9.59 Å². The Morgan fingerprint density at radius 1 is 1.31 bits per heavy atom. The molecule has 2 rings (SSSR count). The van der Waals surface area contributed by atoms with Crippen LogP contribution in [0.1, 0.15) is 28.4 Å². The van der Waals surface area contributed by atoms with Gasteiger partial charge in [-0.15, -0.1) is 0 Å². The SMILES string of the molecule is CCOC(=O)/C=C/c1cncc(Nc2cc(C(=O)OC)cc(Cl)n2)c1C. The summed E-state index contributed by atoms with van der Waals surface area (Å²) in [6.45, 7) is 3.91. The Bertz CT molecular complexity index is 852. The molecule has 0 aliphatic rings. The molecule has 0 spiro atoms. The minimum atomic E-state index is -0.515. The van der Waals surface area contributed by atoms with Crippen LogP contribution in [-0.2, 0) is 14.3 Å². The van der Waals surface area contributed by atoms with Gasteiger partial charge in [0.1, 0.15) is 11.0 Å². The summed E-state index contributed by atoms with van der Waals surface area (Å²) in [6, 6.07) is 2.94. The highest BCUT2D eigenvalue weighted by molar-refractivity contribution is 6.29. The normalized spacial score (nSPS) is 10.6. The van der Waals surface area contributed by atoms with E-state index in [0.717, 1.165) is 11.1 Å². The molecule has 0 aliphatic carbocycles. The summed E-state index contributed by atoms with van der Waals surface area (Å²) in [5.74, 6) is -0.572. The van der Waals surface area contributed by atoms with Gasteiger partial charge in [-0.1, -0.05) is 11.6 Å². The molecule has 1 N–H and O–H groups in total. The van der Waals surface area contributed by atoms with Gasteiger partial charge in [0.05, 0.1) is 31.2 Å². The molecule has 0 aromatic carbocycles. The van der Waals surface area contributed by atoms with E-state index in [1.807, 2.05) is 6.92 Å². The molecule has 0 radical (unpaired) electrons. The maximum atomic E-state index is 11.7. The molecule has 0 saturated heterocycles. The average molecular weight is 376 g/mol. The van der Waals surface area contributed by atoms with Gasteiger partial charge in [0, 0.05) is 12.3 Å². The number of anilines is 2. The first kappa shape index (κ1) is 19.4. The van der Waals surface area contributed by atoms with Crippen molar-refractivity contribution >= 4 is 41.1 Å². The zero-order valence-electron chi connectivity index (χ0n) is 14.6. The van der Waals surface area contributed by atoms with E-state index in [0.29, 0.717) is 18.1 Å². The summed E-state index contributed by atoms with van der Waals surface area (Å²) in [4.78, 5) is 31.4. The second kappa shape index (κ2) is 8.96. The van der Waals surface area contributed by atoms with Crippen molar-refractivity contribution in [2.75, 3.05) is 19.0 Å². The van der Waals surface area contributed by atoms with Crippen LogP contribution in [0.3, 0.4) is 0 Å². The Balaban J connectivity index is 2.28. The highest BCUT2D eigenvalue weighted by atomic mass is 35.5. The van der Waals surface area contributed by atoms with Crippen LogP contribution in [0.25, 0.3) is 6.08 Å². The first-order valence-corrected chi connectivity index (χ1v) is 8.14. The van der Waals surface area contributed by atoms with Crippen molar-refractivity contribution in [1.82, 2.24) is 9.97 Å². The molecule has 8 heteroatoms. The van der Waals surface area contributed by atoms with Crippen molar-refractivity contribution in [2.45, 2.75) is 13.8 Å². The topological polar surface area (TPSA) is 90.4 Å². The summed E-state index contributed by atoms with van der Waals surface area (Å²) < 4.78 is 9.55. The molecule has 2 aromatic heterocycles. The van der Waals surface area contributed by atoms with Crippen molar-refractivity contribution in [3.63, 3.8) is 0 Å². The number of pyridine rings is 2. The number of esters is 2. The molecule has 2 heterocycles. The number of carbonyl (C=O) groups is 2. The molecule has 0 atom stereocenters. The van der Waals surface area contributed by atoms with Gasteiger partial charge in [0.2, 0.25) is 0 Å². The molecular weight excluding hydrogens is 358 g/mol. The van der Waals surface area contributed by atoms with Gasteiger partial charge in [-0.05, 0) is 43.2 Å². The van der Waals surface area contributed by atoms with Crippen LogP contribution >= 0.6 is 11.6 Å². The van der Waals surface area contributed by atoms with E-state index in [2.05, 4.69) is 15.3 Å². The molecule has 0 amide bonds. The maximum absolute atomic E-state index is 11.7. The number of halogens is 1. The molecule has 136 valence electrons. The Labute approximate surface area is 156 Å². The van der Waals surface area contributed by atoms with Crippen LogP contribution in [0.2, 0.25) is 5.15 Å². The largest absolute Gasteiger partial charge is 0.465 e. The summed E-state index contributed by atoms with van der Waals surface area (Å²) in [5.41, 5.74) is 2.50. The Morgan fingerprint density at radius 3 is 2.77 bits per heavy atom. The van der Waals surface area contributed by atoms with Crippen molar-refractivity contribution < 1.29 is 19.1 Å². The molecule has 0 unspecified atom stereocenters. The van der Waals surface area contributed by atoms with Gasteiger partial charge in [-0.25, -0.2) is 14.6 Å². The van der Waals surface area contributed by atoms with Crippen LogP contribution in [0.4, 0.5) is 11.5 Å². The molecule has 0 fully saturated rings. The van der Waals surface area contributed by atoms with Crippen molar-refractivity contribution in [3.8, 4) is 0 Å². The fourth-order valence-electron chi connectivity index (χ4n) is 2.12. The number of carbonyl (C=O) groups excluding carboxylic acids is 2. The van der Waals surface area contributed by atoms with Gasteiger partial charge in [0.15, 0.2) is 0 Å². The average Bonchev–Trinajstić information content (AvgIpc) is 2.61. The van der Waals surface area contributed by atoms with E-state index in [4.69, 9.17) is 21.1 Å². The first-order chi connectivity index (χ1) is 12.4. The monoisotopic (exact) mass is 375 g/mol. The standard InChI is InChI=1S/C18H18ClN3O4/c1-4-26-17(23)6-5-12-9-20-10-14(11(12)2)21-16-8-13(18(24)25-3)7-15(19)22-16/h5-10H,4H2,1-3H3,(H,21,22)/b6-5+. The number of nitrogens with zero attached hydrogens (tertiary/aromatic N) is 2. The lowest BCUT2D eigenvalue weighted by atomic mass is 10.1. The lowest BCUT2D eigenvalue weighted by molar-refractivity contribution is -0.137. The summed E-state index contributed by atoms with van der Waals surface area (Å²) in [7, 11) is 1.29. The van der Waals surface area contributed by atoms with Crippen molar-refractivity contribution in [1.29, 1.82) is 0 Å². The first-order valence-electron chi connectivity index (χ1n) is 7.77. The maximum Gasteiger partial charge on any atom is 0.338 e. The van der Waals surface area contributed by atoms with E-state index in [1.54, 1.807) is 25.4 Å². The second-order valence-corrected chi connectivity index (χ2v) is 5.55. The number of rotatable bonds is 6. The van der Waals surface area contributed by atoms with Gasteiger partial charge in [0.25, 0.3) is 0 Å². The van der Waals surface area contributed by atoms with Crippen LogP contribution in [0.15, 0.2) is 30.6 Å². The van der Waals surface area contributed by atoms with Gasteiger partial charge < -0.3 is 14.8 Å². The molecule has 26 heavy (non-hydrogen) atoms. The molecule has 7 nitrogen and oxygen atoms in total. The van der Waals surface area contributed by atoms with Crippen molar-refractivity contribution in [3.05, 3.63) is 52.4 Å². The predicted octanol–water partition coefficient (Wildman–Crippen LogP) is 3.54. The number of nitrogens with one attached hydrogen (secondary N) is 1. The summed E-state index contributed by atoms with van der Waals surface area (Å²) in [6.07, 6.45) is 6.19. The minimum Gasteiger partial charge on any atom is -0.465 e. The van der Waals surface area contributed by atoms with Crippen molar-refractivity contribution in [2.24, 2.45) is 0 Å².